The Morgan fingerprint density at radius 1 is 1.42 bits per heavy atom. The summed E-state index contributed by atoms with van der Waals surface area (Å²) in [7, 11) is 0. The number of hydrogen-bond donors (Lipinski definition) is 1. The van der Waals surface area contributed by atoms with E-state index in [4.69, 9.17) is 0 Å². The lowest BCUT2D eigenvalue weighted by atomic mass is 10.2. The van der Waals surface area contributed by atoms with Gasteiger partial charge in [-0.2, -0.15) is 0 Å². The Hall–Kier alpha value is -1.64. The molecule has 0 aromatic carbocycles. The number of pyridine rings is 2. The second kappa shape index (κ2) is 2.44. The highest BCUT2D eigenvalue weighted by Gasteiger charge is 2.00. The average molecular weight is 160 g/mol. The molecule has 0 bridgehead atoms. The van der Waals surface area contributed by atoms with Crippen LogP contribution in [0.15, 0.2) is 24.4 Å². The molecule has 0 saturated carbocycles. The standard InChI is InChI=1S/C9H8N2O/c1-6-8(12)5-7-3-2-4-10-9(7)11-6/h2-5,12H,1H3. The lowest BCUT2D eigenvalue weighted by Gasteiger charge is -1.99. The Bertz CT molecular complexity index is 385. The largest absolute Gasteiger partial charge is 0.506 e. The maximum atomic E-state index is 9.33. The summed E-state index contributed by atoms with van der Waals surface area (Å²) in [5.74, 6) is 0.218. The van der Waals surface area contributed by atoms with Crippen LogP contribution >= 0.6 is 0 Å². The van der Waals surface area contributed by atoms with Crippen molar-refractivity contribution >= 4 is 11.0 Å². The van der Waals surface area contributed by atoms with Crippen molar-refractivity contribution in [1.82, 2.24) is 9.97 Å². The van der Waals surface area contributed by atoms with Crippen LogP contribution in [0.25, 0.3) is 11.0 Å². The molecule has 2 heterocycles. The molecule has 0 fully saturated rings. The van der Waals surface area contributed by atoms with Crippen LogP contribution in [0, 0.1) is 6.92 Å². The number of aromatic hydroxyl groups is 1. The predicted octanol–water partition coefficient (Wildman–Crippen LogP) is 1.64. The lowest BCUT2D eigenvalue weighted by molar-refractivity contribution is 0.469. The van der Waals surface area contributed by atoms with E-state index in [1.165, 1.54) is 0 Å². The summed E-state index contributed by atoms with van der Waals surface area (Å²) in [6, 6.07) is 5.36. The van der Waals surface area contributed by atoms with Crippen LogP contribution in [0.1, 0.15) is 5.69 Å². The number of nitrogens with zero attached hydrogens (tertiary/aromatic N) is 2. The highest BCUT2D eigenvalue weighted by Crippen LogP contribution is 2.18. The Labute approximate surface area is 69.7 Å². The van der Waals surface area contributed by atoms with Gasteiger partial charge in [-0.3, -0.25) is 0 Å². The summed E-state index contributed by atoms with van der Waals surface area (Å²) in [5.41, 5.74) is 1.29. The average Bonchev–Trinajstić information content (AvgIpc) is 2.07. The zero-order valence-electron chi connectivity index (χ0n) is 6.65. The van der Waals surface area contributed by atoms with Crippen molar-refractivity contribution < 1.29 is 5.11 Å². The minimum Gasteiger partial charge on any atom is -0.506 e. The van der Waals surface area contributed by atoms with E-state index in [2.05, 4.69) is 9.97 Å². The highest BCUT2D eigenvalue weighted by molar-refractivity contribution is 5.76. The van der Waals surface area contributed by atoms with Crippen LogP contribution in [-0.4, -0.2) is 15.1 Å². The molecular weight excluding hydrogens is 152 g/mol. The van der Waals surface area contributed by atoms with Crippen molar-refractivity contribution in [3.63, 3.8) is 0 Å². The molecule has 0 radical (unpaired) electrons. The van der Waals surface area contributed by atoms with E-state index in [1.54, 1.807) is 19.2 Å². The summed E-state index contributed by atoms with van der Waals surface area (Å²) in [6.45, 7) is 1.75. The number of aromatic nitrogens is 2. The molecule has 0 unspecified atom stereocenters. The normalized spacial score (nSPS) is 10.4. The fourth-order valence-electron chi connectivity index (χ4n) is 1.08. The molecule has 60 valence electrons. The molecule has 2 aromatic rings. The van der Waals surface area contributed by atoms with Gasteiger partial charge in [0.05, 0.1) is 5.69 Å². The molecule has 0 aliphatic carbocycles. The van der Waals surface area contributed by atoms with Crippen molar-refractivity contribution in [1.29, 1.82) is 0 Å². The van der Waals surface area contributed by atoms with E-state index in [1.807, 2.05) is 12.1 Å². The summed E-state index contributed by atoms with van der Waals surface area (Å²) in [4.78, 5) is 8.17. The van der Waals surface area contributed by atoms with E-state index in [9.17, 15) is 5.11 Å². The van der Waals surface area contributed by atoms with Crippen LogP contribution in [-0.2, 0) is 0 Å². The van der Waals surface area contributed by atoms with E-state index in [-0.39, 0.29) is 5.75 Å². The van der Waals surface area contributed by atoms with Crippen molar-refractivity contribution in [2.75, 3.05) is 0 Å². The van der Waals surface area contributed by atoms with Gasteiger partial charge in [0, 0.05) is 11.6 Å². The van der Waals surface area contributed by atoms with Gasteiger partial charge < -0.3 is 5.11 Å². The summed E-state index contributed by atoms with van der Waals surface area (Å²) >= 11 is 0. The first-order valence-electron chi connectivity index (χ1n) is 3.69. The van der Waals surface area contributed by atoms with Crippen molar-refractivity contribution in [3.05, 3.63) is 30.1 Å². The first kappa shape index (κ1) is 7.03. The number of fused-ring (bicyclic) bond motifs is 1. The second-order valence-electron chi connectivity index (χ2n) is 2.64. The molecule has 0 saturated heterocycles. The molecule has 0 aliphatic rings. The van der Waals surface area contributed by atoms with Crippen molar-refractivity contribution in [2.24, 2.45) is 0 Å². The van der Waals surface area contributed by atoms with Gasteiger partial charge >= 0.3 is 0 Å². The summed E-state index contributed by atoms with van der Waals surface area (Å²) < 4.78 is 0. The third kappa shape index (κ3) is 0.993. The Kier molecular flexibility index (Phi) is 1.43. The molecule has 3 nitrogen and oxygen atoms in total. The van der Waals surface area contributed by atoms with E-state index < -0.39 is 0 Å². The SMILES string of the molecule is Cc1nc2ncccc2cc1O. The van der Waals surface area contributed by atoms with Crippen LogP contribution in [0.5, 0.6) is 5.75 Å². The van der Waals surface area contributed by atoms with Gasteiger partial charge in [0.2, 0.25) is 0 Å². The molecule has 12 heavy (non-hydrogen) atoms. The minimum absolute atomic E-state index is 0.218. The molecule has 3 heteroatoms. The molecule has 0 spiro atoms. The lowest BCUT2D eigenvalue weighted by Crippen LogP contribution is -1.86. The molecule has 1 N–H and O–H groups in total. The third-order valence-electron chi connectivity index (χ3n) is 1.75. The van der Waals surface area contributed by atoms with Gasteiger partial charge in [-0.25, -0.2) is 9.97 Å². The Balaban J connectivity index is 2.84. The fourth-order valence-corrected chi connectivity index (χ4v) is 1.08. The molecule has 2 rings (SSSR count). The number of rotatable bonds is 0. The van der Waals surface area contributed by atoms with E-state index in [0.717, 1.165) is 5.39 Å². The zero-order chi connectivity index (χ0) is 8.55. The molecular formula is C9H8N2O. The Morgan fingerprint density at radius 2 is 2.25 bits per heavy atom. The third-order valence-corrected chi connectivity index (χ3v) is 1.75. The zero-order valence-corrected chi connectivity index (χ0v) is 6.65. The van der Waals surface area contributed by atoms with Gasteiger partial charge in [-0.05, 0) is 25.1 Å². The summed E-state index contributed by atoms with van der Waals surface area (Å²) in [6.07, 6.45) is 1.69. The number of hydrogen-bond acceptors (Lipinski definition) is 3. The minimum atomic E-state index is 0.218. The maximum absolute atomic E-state index is 9.33. The second-order valence-corrected chi connectivity index (χ2v) is 2.64. The van der Waals surface area contributed by atoms with Crippen molar-refractivity contribution in [3.8, 4) is 5.75 Å². The molecule has 0 amide bonds. The van der Waals surface area contributed by atoms with Gasteiger partial charge in [-0.15, -0.1) is 0 Å². The molecule has 0 atom stereocenters. The first-order valence-corrected chi connectivity index (χ1v) is 3.69. The number of aryl methyl sites for hydroxylation is 1. The van der Waals surface area contributed by atoms with E-state index in [0.29, 0.717) is 11.3 Å². The molecule has 2 aromatic heterocycles. The Morgan fingerprint density at radius 3 is 3.08 bits per heavy atom. The first-order chi connectivity index (χ1) is 5.77. The quantitative estimate of drug-likeness (QED) is 0.637. The van der Waals surface area contributed by atoms with Crippen LogP contribution < -0.4 is 0 Å². The predicted molar refractivity (Wildman–Crippen MR) is 45.9 cm³/mol. The van der Waals surface area contributed by atoms with Crippen LogP contribution in [0.4, 0.5) is 0 Å². The van der Waals surface area contributed by atoms with Gasteiger partial charge in [0.1, 0.15) is 5.75 Å². The highest BCUT2D eigenvalue weighted by atomic mass is 16.3. The van der Waals surface area contributed by atoms with E-state index >= 15 is 0 Å². The van der Waals surface area contributed by atoms with Gasteiger partial charge in [-0.1, -0.05) is 0 Å². The smallest absolute Gasteiger partial charge is 0.159 e. The van der Waals surface area contributed by atoms with Gasteiger partial charge in [0.25, 0.3) is 0 Å². The maximum Gasteiger partial charge on any atom is 0.159 e. The summed E-state index contributed by atoms with van der Waals surface area (Å²) in [5, 5.41) is 10.2. The van der Waals surface area contributed by atoms with Crippen molar-refractivity contribution in [2.45, 2.75) is 6.92 Å². The fraction of sp³-hybridized carbons (Fsp3) is 0.111. The van der Waals surface area contributed by atoms with Gasteiger partial charge in [0.15, 0.2) is 5.65 Å². The van der Waals surface area contributed by atoms with Crippen LogP contribution in [0.3, 0.4) is 0 Å². The monoisotopic (exact) mass is 160 g/mol. The van der Waals surface area contributed by atoms with Crippen LogP contribution in [0.2, 0.25) is 0 Å². The topological polar surface area (TPSA) is 46.0 Å². The molecule has 0 aliphatic heterocycles.